The number of fused-ring (bicyclic) bond motifs is 8. The summed E-state index contributed by atoms with van der Waals surface area (Å²) in [6.45, 7) is 2.40. The molecule has 5 atom stereocenters. The topological polar surface area (TPSA) is 17.4 Å². The molecule has 1 aromatic heterocycles. The van der Waals surface area contributed by atoms with Gasteiger partial charge in [0.2, 0.25) is 0 Å². The van der Waals surface area contributed by atoms with Gasteiger partial charge in [0.05, 0.1) is 17.0 Å². The number of hydrogen-bond donors (Lipinski definition) is 0. The lowest BCUT2D eigenvalue weighted by Gasteiger charge is -2.37. The van der Waals surface area contributed by atoms with Crippen LogP contribution in [0.4, 0.5) is 11.4 Å². The molecule has 6 aromatic carbocycles. The van der Waals surface area contributed by atoms with Gasteiger partial charge >= 0.3 is 0 Å². The van der Waals surface area contributed by atoms with Gasteiger partial charge in [-0.1, -0.05) is 165 Å². The second-order valence-electron chi connectivity index (χ2n) is 18.6. The Balaban J connectivity index is 0.934. The lowest BCUT2D eigenvalue weighted by atomic mass is 9.66. The van der Waals surface area contributed by atoms with E-state index in [4.69, 9.17) is 4.74 Å². The first-order chi connectivity index (χ1) is 32.1. The number of para-hydroxylation sites is 2. The fraction of sp³-hybridized carbons (Fsp3) is 0.161. The molecule has 0 N–H and O–H groups in total. The fourth-order valence-electron chi connectivity index (χ4n) is 12.2. The number of benzene rings is 6. The molecule has 7 aromatic rings. The maximum absolute atomic E-state index is 6.71. The molecule has 2 heterocycles. The van der Waals surface area contributed by atoms with E-state index in [-0.39, 0.29) is 24.0 Å². The van der Waals surface area contributed by atoms with Gasteiger partial charge in [-0.05, 0) is 130 Å². The SMILES string of the molecule is CC1CC=CC2=C1c1ccc(N(c3ccc(C4C=Cc5c(c6ccccc6n5-c5ccccc5)C4)cc3)C3C=C4OC5C=CC=CC5C4=CC3)cc1C2(c1ccccc1)c1ccccc1. The number of allylic oxidation sites excluding steroid dienone is 8. The van der Waals surface area contributed by atoms with Gasteiger partial charge in [0, 0.05) is 45.6 Å². The summed E-state index contributed by atoms with van der Waals surface area (Å²) in [5.74, 6) is 1.97. The Labute approximate surface area is 382 Å². The maximum atomic E-state index is 6.71. The predicted molar refractivity (Wildman–Crippen MR) is 268 cm³/mol. The molecule has 0 bridgehead atoms. The molecule has 1 aliphatic heterocycles. The summed E-state index contributed by atoms with van der Waals surface area (Å²) in [6.07, 6.45) is 26.2. The Kier molecular flexibility index (Phi) is 8.88. The van der Waals surface area contributed by atoms with Crippen molar-refractivity contribution in [2.75, 3.05) is 4.90 Å². The second kappa shape index (κ2) is 15.1. The molecule has 65 heavy (non-hydrogen) atoms. The van der Waals surface area contributed by atoms with Crippen LogP contribution in [0.1, 0.15) is 64.8 Å². The maximum Gasteiger partial charge on any atom is 0.128 e. The van der Waals surface area contributed by atoms with Crippen LogP contribution < -0.4 is 4.90 Å². The first-order valence-electron chi connectivity index (χ1n) is 23.5. The summed E-state index contributed by atoms with van der Waals surface area (Å²) < 4.78 is 9.14. The molecule has 0 radical (unpaired) electrons. The molecule has 5 unspecified atom stereocenters. The molecule has 13 rings (SSSR count). The zero-order valence-corrected chi connectivity index (χ0v) is 36.6. The number of ether oxygens (including phenoxy) is 1. The molecule has 0 spiro atoms. The van der Waals surface area contributed by atoms with Crippen LogP contribution in [0.25, 0.3) is 28.2 Å². The second-order valence-corrected chi connectivity index (χ2v) is 18.6. The predicted octanol–water partition coefficient (Wildman–Crippen LogP) is 14.5. The third-order valence-corrected chi connectivity index (χ3v) is 15.1. The van der Waals surface area contributed by atoms with Gasteiger partial charge in [0.15, 0.2) is 0 Å². The summed E-state index contributed by atoms with van der Waals surface area (Å²) in [5, 5.41) is 1.33. The first-order valence-corrected chi connectivity index (χ1v) is 23.5. The van der Waals surface area contributed by atoms with Crippen molar-refractivity contribution in [2.24, 2.45) is 11.8 Å². The highest BCUT2D eigenvalue weighted by Crippen LogP contribution is 2.59. The number of rotatable bonds is 7. The third-order valence-electron chi connectivity index (χ3n) is 15.1. The first kappa shape index (κ1) is 38.1. The van der Waals surface area contributed by atoms with Crippen molar-refractivity contribution in [3.8, 4) is 5.69 Å². The van der Waals surface area contributed by atoms with E-state index >= 15 is 0 Å². The van der Waals surface area contributed by atoms with E-state index in [0.717, 1.165) is 25.0 Å². The minimum Gasteiger partial charge on any atom is -0.485 e. The highest BCUT2D eigenvalue weighted by atomic mass is 16.5. The number of aromatic nitrogens is 1. The average molecular weight is 839 g/mol. The minimum atomic E-state index is -0.458. The number of hydrogen-bond acceptors (Lipinski definition) is 2. The Morgan fingerprint density at radius 3 is 2.17 bits per heavy atom. The molecule has 6 aliphatic rings. The average Bonchev–Trinajstić information content (AvgIpc) is 4.01. The van der Waals surface area contributed by atoms with Crippen molar-refractivity contribution >= 4 is 33.9 Å². The van der Waals surface area contributed by atoms with Crippen molar-refractivity contribution in [2.45, 2.75) is 49.7 Å². The van der Waals surface area contributed by atoms with Gasteiger partial charge < -0.3 is 14.2 Å². The normalized spacial score (nSPS) is 22.9. The Bertz CT molecular complexity index is 3190. The smallest absolute Gasteiger partial charge is 0.128 e. The molecule has 5 aliphatic carbocycles. The summed E-state index contributed by atoms with van der Waals surface area (Å²) in [6, 6.07) is 59.0. The number of nitrogens with zero attached hydrogens (tertiary/aromatic N) is 2. The minimum absolute atomic E-state index is 0.0534. The molecule has 3 nitrogen and oxygen atoms in total. The van der Waals surface area contributed by atoms with E-state index in [0.29, 0.717) is 5.92 Å². The lowest BCUT2D eigenvalue weighted by molar-refractivity contribution is 0.183. The van der Waals surface area contributed by atoms with Crippen LogP contribution in [0.3, 0.4) is 0 Å². The summed E-state index contributed by atoms with van der Waals surface area (Å²) in [4.78, 5) is 2.58. The fourth-order valence-corrected chi connectivity index (χ4v) is 12.2. The Hall–Kier alpha value is -7.36. The van der Waals surface area contributed by atoms with E-state index in [9.17, 15) is 0 Å². The van der Waals surface area contributed by atoms with E-state index in [2.05, 4.69) is 235 Å². The van der Waals surface area contributed by atoms with Crippen LogP contribution in [0.2, 0.25) is 0 Å². The molecular formula is C62H50N2O. The highest BCUT2D eigenvalue weighted by Gasteiger charge is 2.49. The molecule has 0 amide bonds. The molecule has 0 saturated carbocycles. The van der Waals surface area contributed by atoms with Crippen LogP contribution >= 0.6 is 0 Å². The standard InChI is InChI=1S/C62H50N2O/c1-41-16-15-25-55-61(41)53-36-34-48(39-56(53)62(55,44-17-5-2-6-18-44)45-19-7-3-8-20-45)63(49-33-35-52-51-24-12-14-27-59(51)65-60(52)40-49)47-31-28-42(29-32-47)43-30-37-58-54(38-43)50-23-11-13-26-57(50)64(58)46-21-9-4-10-22-46/h2-15,17-32,34-37,39-41,43,49,51,59H,16,33,38H2,1H3. The molecule has 314 valence electrons. The van der Waals surface area contributed by atoms with Crippen molar-refractivity contribution in [1.82, 2.24) is 4.57 Å². The van der Waals surface area contributed by atoms with Crippen LogP contribution in [-0.4, -0.2) is 16.7 Å². The van der Waals surface area contributed by atoms with Crippen molar-refractivity contribution in [3.05, 3.63) is 268 Å². The molecule has 1 saturated heterocycles. The van der Waals surface area contributed by atoms with Crippen molar-refractivity contribution in [1.29, 1.82) is 0 Å². The molecule has 3 heteroatoms. The Morgan fingerprint density at radius 2 is 1.38 bits per heavy atom. The van der Waals surface area contributed by atoms with Crippen LogP contribution in [0.15, 0.2) is 229 Å². The van der Waals surface area contributed by atoms with Crippen LogP contribution in [0.5, 0.6) is 0 Å². The highest BCUT2D eigenvalue weighted by molar-refractivity contribution is 5.92. The summed E-state index contributed by atoms with van der Waals surface area (Å²) in [7, 11) is 0. The van der Waals surface area contributed by atoms with Crippen molar-refractivity contribution < 1.29 is 4.74 Å². The third kappa shape index (κ3) is 5.88. The van der Waals surface area contributed by atoms with Gasteiger partial charge in [-0.15, -0.1) is 0 Å². The number of anilines is 2. The van der Waals surface area contributed by atoms with Crippen LogP contribution in [-0.2, 0) is 16.6 Å². The van der Waals surface area contributed by atoms with Gasteiger partial charge in [-0.3, -0.25) is 0 Å². The summed E-state index contributed by atoms with van der Waals surface area (Å²) >= 11 is 0. The summed E-state index contributed by atoms with van der Waals surface area (Å²) in [5.41, 5.74) is 17.9. The van der Waals surface area contributed by atoms with Crippen molar-refractivity contribution in [3.63, 3.8) is 0 Å². The molecular weight excluding hydrogens is 789 g/mol. The quantitative estimate of drug-likeness (QED) is 0.159. The van der Waals surface area contributed by atoms with Gasteiger partial charge in [0.1, 0.15) is 11.9 Å². The zero-order valence-electron chi connectivity index (χ0n) is 36.6. The van der Waals surface area contributed by atoms with Gasteiger partial charge in [0.25, 0.3) is 0 Å². The largest absolute Gasteiger partial charge is 0.485 e. The van der Waals surface area contributed by atoms with Gasteiger partial charge in [-0.25, -0.2) is 0 Å². The van der Waals surface area contributed by atoms with Crippen LogP contribution in [0, 0.1) is 11.8 Å². The van der Waals surface area contributed by atoms with E-state index in [1.165, 1.54) is 83.8 Å². The lowest BCUT2D eigenvalue weighted by Crippen LogP contribution is -2.32. The molecule has 1 fully saturated rings. The van der Waals surface area contributed by atoms with E-state index in [1.54, 1.807) is 0 Å². The zero-order chi connectivity index (χ0) is 43.1. The van der Waals surface area contributed by atoms with E-state index in [1.807, 2.05) is 0 Å². The van der Waals surface area contributed by atoms with Gasteiger partial charge in [-0.2, -0.15) is 0 Å². The van der Waals surface area contributed by atoms with E-state index < -0.39 is 5.41 Å². The monoisotopic (exact) mass is 838 g/mol. The Morgan fingerprint density at radius 1 is 0.677 bits per heavy atom.